The lowest BCUT2D eigenvalue weighted by Crippen LogP contribution is -2.53. The Bertz CT molecular complexity index is 812. The van der Waals surface area contributed by atoms with Gasteiger partial charge in [-0.2, -0.15) is 0 Å². The third kappa shape index (κ3) is 6.83. The number of hydrogen-bond acceptors (Lipinski definition) is 5. The molecule has 2 rings (SSSR count). The summed E-state index contributed by atoms with van der Waals surface area (Å²) in [7, 11) is -3.98. The molecule has 0 aromatic heterocycles. The number of hydrazine groups is 1. The van der Waals surface area contributed by atoms with Crippen molar-refractivity contribution in [3.05, 3.63) is 42.0 Å². The van der Waals surface area contributed by atoms with Gasteiger partial charge in [-0.1, -0.05) is 29.8 Å². The third-order valence-electron chi connectivity index (χ3n) is 4.44. The summed E-state index contributed by atoms with van der Waals surface area (Å²) in [5, 5.41) is 0. The Hall–Kier alpha value is -1.90. The second kappa shape index (κ2) is 9.73. The molecule has 0 aliphatic heterocycles. The second-order valence-corrected chi connectivity index (χ2v) is 10.0. The number of hydrogen-bond donors (Lipinski definition) is 1. The van der Waals surface area contributed by atoms with E-state index in [1.807, 2.05) is 26.0 Å². The van der Waals surface area contributed by atoms with Crippen molar-refractivity contribution in [1.29, 1.82) is 0 Å². The van der Waals surface area contributed by atoms with Gasteiger partial charge in [0.15, 0.2) is 0 Å². The van der Waals surface area contributed by atoms with E-state index in [0.29, 0.717) is 19.6 Å². The highest BCUT2D eigenvalue weighted by atomic mass is 32.2. The van der Waals surface area contributed by atoms with Gasteiger partial charge in [-0.3, -0.25) is 0 Å². The first-order chi connectivity index (χ1) is 13.5. The molecule has 1 aliphatic carbocycles. The fourth-order valence-corrected chi connectivity index (χ4v) is 4.49. The molecule has 7 nitrogen and oxygen atoms in total. The van der Waals surface area contributed by atoms with E-state index in [9.17, 15) is 13.2 Å². The molecule has 8 heteroatoms. The molecule has 1 aromatic rings. The van der Waals surface area contributed by atoms with Crippen LogP contribution in [0.4, 0.5) is 4.79 Å². The number of nitrogens with zero attached hydrogens (tertiary/aromatic N) is 1. The van der Waals surface area contributed by atoms with Crippen LogP contribution in [0.1, 0.15) is 46.1 Å². The zero-order valence-corrected chi connectivity index (χ0v) is 18.7. The monoisotopic (exact) mass is 424 g/mol. The molecule has 0 heterocycles. The minimum atomic E-state index is -3.98. The largest absolute Gasteiger partial charge is 0.443 e. The highest BCUT2D eigenvalue weighted by Crippen LogP contribution is 2.27. The number of carbonyl (C=O) groups is 1. The molecule has 1 aromatic carbocycles. The average Bonchev–Trinajstić information content (AvgIpc) is 2.63. The zero-order valence-electron chi connectivity index (χ0n) is 17.8. The van der Waals surface area contributed by atoms with Crippen LogP contribution in [-0.4, -0.2) is 43.8 Å². The first kappa shape index (κ1) is 23.4. The standard InChI is InChI=1S/C21H32N2O5S/c1-6-27-15-17-8-7-9-18(14-17)23(22-20(24)28-21(3,4)5)29(25,26)19-12-10-16(2)11-13-19/h7,9-13,17-18H,6,8,14-15H2,1-5H3,(H,22,24)/t17-,18?/m1/s1. The molecular formula is C21H32N2O5S. The highest BCUT2D eigenvalue weighted by Gasteiger charge is 2.35. The van der Waals surface area contributed by atoms with Gasteiger partial charge in [0.2, 0.25) is 0 Å². The molecule has 0 saturated heterocycles. The van der Waals surface area contributed by atoms with Crippen LogP contribution in [0, 0.1) is 12.8 Å². The average molecular weight is 425 g/mol. The summed E-state index contributed by atoms with van der Waals surface area (Å²) in [4.78, 5) is 12.5. The van der Waals surface area contributed by atoms with Crippen molar-refractivity contribution in [2.24, 2.45) is 5.92 Å². The predicted molar refractivity (Wildman–Crippen MR) is 112 cm³/mol. The van der Waals surface area contributed by atoms with Crippen LogP contribution in [0.15, 0.2) is 41.3 Å². The summed E-state index contributed by atoms with van der Waals surface area (Å²) < 4.78 is 38.5. The van der Waals surface area contributed by atoms with Gasteiger partial charge in [0.1, 0.15) is 5.60 Å². The Labute approximate surface area is 174 Å². The number of ether oxygens (including phenoxy) is 2. The maximum atomic E-state index is 13.4. The van der Waals surface area contributed by atoms with Gasteiger partial charge in [-0.05, 0) is 65.5 Å². The summed E-state index contributed by atoms with van der Waals surface area (Å²) in [5.74, 6) is 0.168. The normalized spacial score (nSPS) is 19.9. The number of carbonyl (C=O) groups excluding carboxylic acids is 1. The van der Waals surface area contributed by atoms with Crippen LogP contribution in [0.3, 0.4) is 0 Å². The maximum Gasteiger partial charge on any atom is 0.423 e. The van der Waals surface area contributed by atoms with Crippen molar-refractivity contribution >= 4 is 16.1 Å². The topological polar surface area (TPSA) is 84.9 Å². The van der Waals surface area contributed by atoms with E-state index in [4.69, 9.17) is 9.47 Å². The molecule has 0 saturated carbocycles. The summed E-state index contributed by atoms with van der Waals surface area (Å²) in [6, 6.07) is 6.01. The lowest BCUT2D eigenvalue weighted by Gasteiger charge is -2.34. The molecular weight excluding hydrogens is 392 g/mol. The van der Waals surface area contributed by atoms with Crippen LogP contribution < -0.4 is 5.43 Å². The Morgan fingerprint density at radius 1 is 1.24 bits per heavy atom. The summed E-state index contributed by atoms with van der Waals surface area (Å²) in [6.45, 7) is 10.1. The quantitative estimate of drug-likeness (QED) is 0.532. The van der Waals surface area contributed by atoms with Gasteiger partial charge in [0, 0.05) is 13.2 Å². The lowest BCUT2D eigenvalue weighted by atomic mass is 9.92. The Morgan fingerprint density at radius 2 is 1.90 bits per heavy atom. The predicted octanol–water partition coefficient (Wildman–Crippen LogP) is 3.80. The first-order valence-electron chi connectivity index (χ1n) is 9.88. The van der Waals surface area contributed by atoms with E-state index in [2.05, 4.69) is 5.43 Å². The van der Waals surface area contributed by atoms with Gasteiger partial charge in [0.05, 0.1) is 10.9 Å². The van der Waals surface area contributed by atoms with Crippen molar-refractivity contribution in [1.82, 2.24) is 9.84 Å². The van der Waals surface area contributed by atoms with Crippen molar-refractivity contribution < 1.29 is 22.7 Å². The van der Waals surface area contributed by atoms with Gasteiger partial charge in [-0.15, -0.1) is 4.41 Å². The second-order valence-electron chi connectivity index (χ2n) is 8.22. The van der Waals surface area contributed by atoms with Crippen LogP contribution in [-0.2, 0) is 19.5 Å². The number of benzene rings is 1. The van der Waals surface area contributed by atoms with Crippen molar-refractivity contribution in [2.75, 3.05) is 13.2 Å². The van der Waals surface area contributed by atoms with Gasteiger partial charge in [-0.25, -0.2) is 18.6 Å². The molecule has 0 radical (unpaired) electrons. The molecule has 162 valence electrons. The lowest BCUT2D eigenvalue weighted by molar-refractivity contribution is 0.0383. The first-order valence-corrected chi connectivity index (χ1v) is 11.3. The van der Waals surface area contributed by atoms with E-state index in [1.54, 1.807) is 45.0 Å². The van der Waals surface area contributed by atoms with Gasteiger partial charge < -0.3 is 9.47 Å². The fraction of sp³-hybridized carbons (Fsp3) is 0.571. The molecule has 2 atom stereocenters. The molecule has 0 spiro atoms. The molecule has 0 bridgehead atoms. The fourth-order valence-electron chi connectivity index (χ4n) is 3.07. The van der Waals surface area contributed by atoms with E-state index in [1.165, 1.54) is 0 Å². The number of amides is 1. The minimum absolute atomic E-state index is 0.111. The highest BCUT2D eigenvalue weighted by molar-refractivity contribution is 7.89. The smallest absolute Gasteiger partial charge is 0.423 e. The van der Waals surface area contributed by atoms with E-state index < -0.39 is 27.8 Å². The molecule has 1 unspecified atom stereocenters. The Balaban J connectivity index is 2.32. The molecule has 1 amide bonds. The number of rotatable bonds is 7. The minimum Gasteiger partial charge on any atom is -0.443 e. The summed E-state index contributed by atoms with van der Waals surface area (Å²) >= 11 is 0. The molecule has 1 aliphatic rings. The van der Waals surface area contributed by atoms with Crippen LogP contribution >= 0.6 is 0 Å². The van der Waals surface area contributed by atoms with E-state index >= 15 is 0 Å². The Morgan fingerprint density at radius 3 is 2.48 bits per heavy atom. The number of sulfonamides is 1. The molecule has 1 N–H and O–H groups in total. The Kier molecular flexibility index (Phi) is 7.85. The van der Waals surface area contributed by atoms with Crippen LogP contribution in [0.5, 0.6) is 0 Å². The van der Waals surface area contributed by atoms with Crippen molar-refractivity contribution in [3.8, 4) is 0 Å². The number of allylic oxidation sites excluding steroid dienone is 1. The van der Waals surface area contributed by atoms with Gasteiger partial charge in [0.25, 0.3) is 10.0 Å². The maximum absolute atomic E-state index is 13.4. The summed E-state index contributed by atoms with van der Waals surface area (Å²) in [6.07, 6.45) is 4.28. The molecule has 29 heavy (non-hydrogen) atoms. The zero-order chi connectivity index (χ0) is 21.7. The molecule has 0 fully saturated rings. The third-order valence-corrected chi connectivity index (χ3v) is 6.19. The van der Waals surface area contributed by atoms with Crippen molar-refractivity contribution in [3.63, 3.8) is 0 Å². The van der Waals surface area contributed by atoms with Crippen LogP contribution in [0.25, 0.3) is 0 Å². The van der Waals surface area contributed by atoms with Gasteiger partial charge >= 0.3 is 6.09 Å². The SMILES string of the molecule is CCOC[C@@H]1CC=CC(N(NC(=O)OC(C)(C)C)S(=O)(=O)c2ccc(C)cc2)C1. The van der Waals surface area contributed by atoms with E-state index in [0.717, 1.165) is 16.4 Å². The summed E-state index contributed by atoms with van der Waals surface area (Å²) in [5.41, 5.74) is 2.67. The van der Waals surface area contributed by atoms with Crippen LogP contribution in [0.2, 0.25) is 0 Å². The number of aryl methyl sites for hydroxylation is 1. The van der Waals surface area contributed by atoms with Crippen molar-refractivity contribution in [2.45, 2.75) is 64.0 Å². The van der Waals surface area contributed by atoms with E-state index in [-0.39, 0.29) is 10.8 Å². The number of nitrogens with one attached hydrogen (secondary N) is 1.